The maximum absolute atomic E-state index is 12.1. The summed E-state index contributed by atoms with van der Waals surface area (Å²) in [7, 11) is 0. The van der Waals surface area contributed by atoms with Crippen LogP contribution in [0.5, 0.6) is 0 Å². The Morgan fingerprint density at radius 2 is 1.81 bits per heavy atom. The van der Waals surface area contributed by atoms with E-state index in [1.807, 2.05) is 30.3 Å². The molecule has 0 saturated heterocycles. The fourth-order valence-electron chi connectivity index (χ4n) is 1.68. The summed E-state index contributed by atoms with van der Waals surface area (Å²) in [6.07, 6.45) is 0.731. The Balaban J connectivity index is 2.06. The van der Waals surface area contributed by atoms with Gasteiger partial charge in [-0.3, -0.25) is 9.69 Å². The molecule has 0 atom stereocenters. The Labute approximate surface area is 121 Å². The van der Waals surface area contributed by atoms with Crippen molar-refractivity contribution < 1.29 is 19.4 Å². The largest absolute Gasteiger partial charge is 0.480 e. The molecular formula is C15H14N2O4. The topological polar surface area (TPSA) is 79.7 Å². The summed E-state index contributed by atoms with van der Waals surface area (Å²) < 4.78 is 5.13. The second kappa shape index (κ2) is 7.04. The predicted octanol–water partition coefficient (Wildman–Crippen LogP) is 2.31. The molecule has 0 radical (unpaired) electrons. The highest BCUT2D eigenvalue weighted by Gasteiger charge is 2.21. The number of carboxylic acids is 1. The van der Waals surface area contributed by atoms with Gasteiger partial charge in [0.05, 0.1) is 0 Å². The lowest BCUT2D eigenvalue weighted by Crippen LogP contribution is -2.36. The Bertz CT molecular complexity index is 602. The summed E-state index contributed by atoms with van der Waals surface area (Å²) >= 11 is 0. The molecule has 21 heavy (non-hydrogen) atoms. The van der Waals surface area contributed by atoms with Crippen LogP contribution in [0.4, 0.5) is 10.6 Å². The molecule has 2 rings (SSSR count). The standard InChI is InChI=1S/C15H14N2O4/c18-14(19)10-17(13-8-4-5-9-16-13)15(20)21-11-12-6-2-1-3-7-12/h1-9H,10-11H2,(H,18,19). The number of carboxylic acid groups (broad SMARTS) is 1. The molecule has 2 aromatic rings. The first kappa shape index (κ1) is 14.5. The molecule has 0 spiro atoms. The lowest BCUT2D eigenvalue weighted by Gasteiger charge is -2.19. The molecule has 1 aromatic carbocycles. The molecule has 0 aliphatic heterocycles. The molecule has 0 bridgehead atoms. The number of hydrogen-bond acceptors (Lipinski definition) is 4. The lowest BCUT2D eigenvalue weighted by atomic mass is 10.2. The molecule has 0 fully saturated rings. The van der Waals surface area contributed by atoms with Crippen molar-refractivity contribution in [2.75, 3.05) is 11.4 Å². The van der Waals surface area contributed by atoms with Crippen molar-refractivity contribution in [3.05, 3.63) is 60.3 Å². The van der Waals surface area contributed by atoms with Crippen molar-refractivity contribution >= 4 is 17.9 Å². The van der Waals surface area contributed by atoms with E-state index in [0.29, 0.717) is 0 Å². The van der Waals surface area contributed by atoms with Gasteiger partial charge >= 0.3 is 12.1 Å². The SMILES string of the molecule is O=C(O)CN(C(=O)OCc1ccccc1)c1ccccn1. The zero-order valence-electron chi connectivity index (χ0n) is 11.2. The van der Waals surface area contributed by atoms with E-state index >= 15 is 0 Å². The number of nitrogens with zero attached hydrogens (tertiary/aromatic N) is 2. The molecule has 1 N–H and O–H groups in total. The fraction of sp³-hybridized carbons (Fsp3) is 0.133. The van der Waals surface area contributed by atoms with E-state index in [1.54, 1.807) is 18.2 Å². The maximum atomic E-state index is 12.1. The van der Waals surface area contributed by atoms with Crippen LogP contribution >= 0.6 is 0 Å². The van der Waals surface area contributed by atoms with Gasteiger partial charge < -0.3 is 9.84 Å². The number of anilines is 1. The first-order valence-corrected chi connectivity index (χ1v) is 6.28. The van der Waals surface area contributed by atoms with E-state index < -0.39 is 18.6 Å². The first-order valence-electron chi connectivity index (χ1n) is 6.28. The van der Waals surface area contributed by atoms with E-state index in [2.05, 4.69) is 4.98 Å². The number of ether oxygens (including phenoxy) is 1. The number of aromatic nitrogens is 1. The highest BCUT2D eigenvalue weighted by molar-refractivity contribution is 5.91. The summed E-state index contributed by atoms with van der Waals surface area (Å²) in [5.41, 5.74) is 0.821. The number of carbonyl (C=O) groups excluding carboxylic acids is 1. The van der Waals surface area contributed by atoms with Crippen molar-refractivity contribution in [1.82, 2.24) is 4.98 Å². The zero-order chi connectivity index (χ0) is 15.1. The third kappa shape index (κ3) is 4.31. The van der Waals surface area contributed by atoms with E-state index in [4.69, 9.17) is 9.84 Å². The van der Waals surface area contributed by atoms with Crippen LogP contribution in [0.3, 0.4) is 0 Å². The van der Waals surface area contributed by atoms with Gasteiger partial charge in [0.25, 0.3) is 0 Å². The van der Waals surface area contributed by atoms with Gasteiger partial charge in [0, 0.05) is 6.20 Å². The Morgan fingerprint density at radius 3 is 2.43 bits per heavy atom. The van der Waals surface area contributed by atoms with Gasteiger partial charge in [-0.2, -0.15) is 0 Å². The molecule has 1 heterocycles. The number of amides is 1. The van der Waals surface area contributed by atoms with Crippen LogP contribution in [0, 0.1) is 0 Å². The third-order valence-corrected chi connectivity index (χ3v) is 2.64. The average molecular weight is 286 g/mol. The summed E-state index contributed by atoms with van der Waals surface area (Å²) in [6, 6.07) is 14.0. The third-order valence-electron chi connectivity index (χ3n) is 2.64. The number of carbonyl (C=O) groups is 2. The van der Waals surface area contributed by atoms with Crippen LogP contribution in [-0.4, -0.2) is 28.7 Å². The zero-order valence-corrected chi connectivity index (χ0v) is 11.2. The minimum Gasteiger partial charge on any atom is -0.480 e. The van der Waals surface area contributed by atoms with Crippen LogP contribution in [0.2, 0.25) is 0 Å². The van der Waals surface area contributed by atoms with Crippen molar-refractivity contribution in [2.24, 2.45) is 0 Å². The van der Waals surface area contributed by atoms with Crippen LogP contribution in [-0.2, 0) is 16.1 Å². The van der Waals surface area contributed by atoms with Gasteiger partial charge in [0.1, 0.15) is 19.0 Å². The minimum absolute atomic E-state index is 0.0720. The highest BCUT2D eigenvalue weighted by Crippen LogP contribution is 2.12. The van der Waals surface area contributed by atoms with Crippen molar-refractivity contribution in [3.63, 3.8) is 0 Å². The Morgan fingerprint density at radius 1 is 1.10 bits per heavy atom. The molecule has 0 saturated carbocycles. The normalized spacial score (nSPS) is 9.90. The van der Waals surface area contributed by atoms with Gasteiger partial charge in [0.15, 0.2) is 0 Å². The van der Waals surface area contributed by atoms with E-state index in [9.17, 15) is 9.59 Å². The van der Waals surface area contributed by atoms with Crippen molar-refractivity contribution in [1.29, 1.82) is 0 Å². The van der Waals surface area contributed by atoms with Crippen LogP contribution < -0.4 is 4.90 Å². The fourth-order valence-corrected chi connectivity index (χ4v) is 1.68. The number of hydrogen-bond donors (Lipinski definition) is 1. The maximum Gasteiger partial charge on any atom is 0.416 e. The highest BCUT2D eigenvalue weighted by atomic mass is 16.6. The van der Waals surface area contributed by atoms with Gasteiger partial charge in [-0.15, -0.1) is 0 Å². The summed E-state index contributed by atoms with van der Waals surface area (Å²) in [5.74, 6) is -0.907. The van der Waals surface area contributed by atoms with Gasteiger partial charge in [-0.25, -0.2) is 9.78 Å². The molecule has 6 nitrogen and oxygen atoms in total. The molecule has 0 aliphatic carbocycles. The Hall–Kier alpha value is -2.89. The van der Waals surface area contributed by atoms with E-state index in [1.165, 1.54) is 6.20 Å². The first-order chi connectivity index (χ1) is 10.2. The molecule has 0 aliphatic rings. The number of pyridine rings is 1. The lowest BCUT2D eigenvalue weighted by molar-refractivity contribution is -0.135. The summed E-state index contributed by atoms with van der Waals surface area (Å²) in [5, 5.41) is 8.90. The monoisotopic (exact) mass is 286 g/mol. The second-order valence-electron chi connectivity index (χ2n) is 4.21. The number of aliphatic carboxylic acids is 1. The van der Waals surface area contributed by atoms with Crippen molar-refractivity contribution in [2.45, 2.75) is 6.61 Å². The predicted molar refractivity (Wildman–Crippen MR) is 75.8 cm³/mol. The molecule has 6 heteroatoms. The van der Waals surface area contributed by atoms with Crippen molar-refractivity contribution in [3.8, 4) is 0 Å². The number of benzene rings is 1. The smallest absolute Gasteiger partial charge is 0.416 e. The quantitative estimate of drug-likeness (QED) is 0.912. The summed E-state index contributed by atoms with van der Waals surface area (Å²) in [4.78, 5) is 27.9. The molecular weight excluding hydrogens is 272 g/mol. The molecule has 108 valence electrons. The summed E-state index contributed by atoms with van der Waals surface area (Å²) in [6.45, 7) is -0.437. The van der Waals surface area contributed by atoms with Crippen LogP contribution in [0.1, 0.15) is 5.56 Å². The minimum atomic E-state index is -1.14. The average Bonchev–Trinajstić information content (AvgIpc) is 2.52. The molecule has 1 aromatic heterocycles. The Kier molecular flexibility index (Phi) is 4.87. The number of rotatable bonds is 5. The van der Waals surface area contributed by atoms with Gasteiger partial charge in [0.2, 0.25) is 0 Å². The molecule has 0 unspecified atom stereocenters. The van der Waals surface area contributed by atoms with E-state index in [-0.39, 0.29) is 12.4 Å². The van der Waals surface area contributed by atoms with Crippen LogP contribution in [0.25, 0.3) is 0 Å². The molecule has 1 amide bonds. The van der Waals surface area contributed by atoms with E-state index in [0.717, 1.165) is 10.5 Å². The second-order valence-corrected chi connectivity index (χ2v) is 4.21. The van der Waals surface area contributed by atoms with Crippen LogP contribution in [0.15, 0.2) is 54.7 Å². The van der Waals surface area contributed by atoms with Gasteiger partial charge in [-0.05, 0) is 17.7 Å². The van der Waals surface area contributed by atoms with Gasteiger partial charge in [-0.1, -0.05) is 36.4 Å².